The summed E-state index contributed by atoms with van der Waals surface area (Å²) in [6, 6.07) is 10.6. The molecule has 0 aliphatic carbocycles. The molecule has 1 amide bonds. The number of amides is 1. The summed E-state index contributed by atoms with van der Waals surface area (Å²) in [6.07, 6.45) is 0. The SMILES string of the molecule is C=C(Oc1cc(F)ccc1C)C(=O)Nc1scc(-c2ccc(Cl)cc2)c1C(=O)O. The lowest BCUT2D eigenvalue weighted by atomic mass is 10.0. The van der Waals surface area contributed by atoms with Crippen LogP contribution in [-0.4, -0.2) is 17.0 Å². The lowest BCUT2D eigenvalue weighted by Gasteiger charge is -2.11. The van der Waals surface area contributed by atoms with E-state index < -0.39 is 17.7 Å². The average Bonchev–Trinajstić information content (AvgIpc) is 3.09. The van der Waals surface area contributed by atoms with E-state index in [1.807, 2.05) is 0 Å². The van der Waals surface area contributed by atoms with Crippen LogP contribution in [0.1, 0.15) is 15.9 Å². The van der Waals surface area contributed by atoms with E-state index in [-0.39, 0.29) is 22.1 Å². The molecule has 5 nitrogen and oxygen atoms in total. The van der Waals surface area contributed by atoms with Gasteiger partial charge in [0.25, 0.3) is 5.91 Å². The number of rotatable bonds is 6. The summed E-state index contributed by atoms with van der Waals surface area (Å²) in [5.74, 6) is -2.59. The third-order valence-corrected chi connectivity index (χ3v) is 5.17. The molecule has 3 aromatic rings. The molecule has 3 rings (SSSR count). The number of ether oxygens (including phenoxy) is 1. The van der Waals surface area contributed by atoms with Crippen LogP contribution in [0.2, 0.25) is 5.02 Å². The Morgan fingerprint density at radius 2 is 1.90 bits per heavy atom. The maximum atomic E-state index is 13.4. The van der Waals surface area contributed by atoms with E-state index >= 15 is 0 Å². The summed E-state index contributed by atoms with van der Waals surface area (Å²) >= 11 is 6.94. The minimum absolute atomic E-state index is 0.0552. The normalized spacial score (nSPS) is 10.4. The highest BCUT2D eigenvalue weighted by Crippen LogP contribution is 2.36. The van der Waals surface area contributed by atoms with Crippen LogP contribution in [0.3, 0.4) is 0 Å². The van der Waals surface area contributed by atoms with E-state index in [4.69, 9.17) is 16.3 Å². The van der Waals surface area contributed by atoms with Crippen molar-refractivity contribution in [2.75, 3.05) is 5.32 Å². The predicted octanol–water partition coefficient (Wildman–Crippen LogP) is 5.75. The van der Waals surface area contributed by atoms with Crippen LogP contribution < -0.4 is 10.1 Å². The molecule has 0 unspecified atom stereocenters. The van der Waals surface area contributed by atoms with E-state index in [1.54, 1.807) is 36.6 Å². The van der Waals surface area contributed by atoms with E-state index in [9.17, 15) is 19.1 Å². The minimum Gasteiger partial charge on any atom is -0.478 e. The molecule has 0 saturated carbocycles. The molecule has 29 heavy (non-hydrogen) atoms. The predicted molar refractivity (Wildman–Crippen MR) is 111 cm³/mol. The molecular formula is C21H15ClFNO4S. The Morgan fingerprint density at radius 1 is 1.21 bits per heavy atom. The number of nitrogens with one attached hydrogen (secondary N) is 1. The summed E-state index contributed by atoms with van der Waals surface area (Å²) in [4.78, 5) is 24.2. The highest BCUT2D eigenvalue weighted by Gasteiger charge is 2.22. The van der Waals surface area contributed by atoms with Crippen LogP contribution >= 0.6 is 22.9 Å². The van der Waals surface area contributed by atoms with Crippen molar-refractivity contribution >= 4 is 39.8 Å². The number of thiophene rings is 1. The Kier molecular flexibility index (Phi) is 6.00. The van der Waals surface area contributed by atoms with Crippen molar-refractivity contribution in [2.45, 2.75) is 6.92 Å². The summed E-state index contributed by atoms with van der Waals surface area (Å²) < 4.78 is 18.8. The first-order valence-electron chi connectivity index (χ1n) is 8.31. The first-order chi connectivity index (χ1) is 13.8. The number of hydrogen-bond donors (Lipinski definition) is 2. The molecule has 0 spiro atoms. The van der Waals surface area contributed by atoms with Gasteiger partial charge in [-0.3, -0.25) is 4.79 Å². The van der Waals surface area contributed by atoms with Crippen LogP contribution in [0.25, 0.3) is 11.1 Å². The van der Waals surface area contributed by atoms with Gasteiger partial charge in [0.15, 0.2) is 5.76 Å². The molecule has 0 fully saturated rings. The molecular weight excluding hydrogens is 417 g/mol. The molecule has 0 saturated heterocycles. The topological polar surface area (TPSA) is 75.6 Å². The van der Waals surface area contributed by atoms with Crippen molar-refractivity contribution in [2.24, 2.45) is 0 Å². The van der Waals surface area contributed by atoms with E-state index in [0.29, 0.717) is 21.7 Å². The first-order valence-corrected chi connectivity index (χ1v) is 9.57. The summed E-state index contributed by atoms with van der Waals surface area (Å²) in [6.45, 7) is 5.25. The number of carbonyl (C=O) groups excluding carboxylic acids is 1. The largest absolute Gasteiger partial charge is 0.478 e. The highest BCUT2D eigenvalue weighted by atomic mass is 35.5. The molecule has 1 heterocycles. The Balaban J connectivity index is 1.83. The molecule has 148 valence electrons. The number of halogens is 2. The first kappa shape index (κ1) is 20.6. The molecule has 2 N–H and O–H groups in total. The van der Waals surface area contributed by atoms with Gasteiger partial charge in [-0.05, 0) is 36.2 Å². The zero-order valence-electron chi connectivity index (χ0n) is 15.2. The number of carboxylic acids is 1. The maximum absolute atomic E-state index is 13.4. The number of carboxylic acid groups (broad SMARTS) is 1. The van der Waals surface area contributed by atoms with Crippen LogP contribution in [0.4, 0.5) is 9.39 Å². The van der Waals surface area contributed by atoms with Gasteiger partial charge in [0.05, 0.1) is 0 Å². The summed E-state index contributed by atoms with van der Waals surface area (Å²) in [5.41, 5.74) is 1.66. The second-order valence-corrected chi connectivity index (χ2v) is 7.37. The second kappa shape index (κ2) is 8.46. The number of benzene rings is 2. The van der Waals surface area contributed by atoms with Gasteiger partial charge in [0.1, 0.15) is 22.1 Å². The molecule has 0 radical (unpaired) electrons. The summed E-state index contributed by atoms with van der Waals surface area (Å²) in [7, 11) is 0. The van der Waals surface area contributed by atoms with Crippen LogP contribution in [0, 0.1) is 12.7 Å². The van der Waals surface area contributed by atoms with Gasteiger partial charge >= 0.3 is 5.97 Å². The van der Waals surface area contributed by atoms with Crippen molar-refractivity contribution in [3.8, 4) is 16.9 Å². The number of hydrogen-bond acceptors (Lipinski definition) is 4. The molecule has 0 aliphatic heterocycles. The van der Waals surface area contributed by atoms with Crippen molar-refractivity contribution in [1.82, 2.24) is 0 Å². The number of aromatic carboxylic acids is 1. The highest BCUT2D eigenvalue weighted by molar-refractivity contribution is 7.15. The molecule has 8 heteroatoms. The van der Waals surface area contributed by atoms with Crippen molar-refractivity contribution in [1.29, 1.82) is 0 Å². The van der Waals surface area contributed by atoms with Crippen molar-refractivity contribution < 1.29 is 23.8 Å². The van der Waals surface area contributed by atoms with Crippen molar-refractivity contribution in [3.63, 3.8) is 0 Å². The Labute approximate surface area is 175 Å². The monoisotopic (exact) mass is 431 g/mol. The maximum Gasteiger partial charge on any atom is 0.339 e. The molecule has 0 atom stereocenters. The molecule has 2 aromatic carbocycles. The Morgan fingerprint density at radius 3 is 2.55 bits per heavy atom. The lowest BCUT2D eigenvalue weighted by molar-refractivity contribution is -0.114. The van der Waals surface area contributed by atoms with Gasteiger partial charge < -0.3 is 15.2 Å². The molecule has 0 aliphatic rings. The second-order valence-electron chi connectivity index (χ2n) is 6.05. The minimum atomic E-state index is -1.20. The third kappa shape index (κ3) is 4.64. The fourth-order valence-corrected chi connectivity index (χ4v) is 3.62. The third-order valence-electron chi connectivity index (χ3n) is 4.02. The zero-order valence-corrected chi connectivity index (χ0v) is 16.7. The van der Waals surface area contributed by atoms with Gasteiger partial charge in [0.2, 0.25) is 0 Å². The average molecular weight is 432 g/mol. The zero-order chi connectivity index (χ0) is 21.1. The quantitative estimate of drug-likeness (QED) is 0.385. The van der Waals surface area contributed by atoms with Gasteiger partial charge in [-0.1, -0.05) is 36.4 Å². The smallest absolute Gasteiger partial charge is 0.339 e. The standard InChI is InChI=1S/C21H15ClFNO4S/c1-11-3-8-15(23)9-17(11)28-12(2)19(25)24-20-18(21(26)27)16(10-29-20)13-4-6-14(22)7-5-13/h3-10H,2H2,1H3,(H,24,25)(H,26,27). The lowest BCUT2D eigenvalue weighted by Crippen LogP contribution is -2.18. The Bertz CT molecular complexity index is 1110. The van der Waals surface area contributed by atoms with Crippen LogP contribution in [0.15, 0.2) is 60.2 Å². The number of anilines is 1. The number of aryl methyl sites for hydroxylation is 1. The molecule has 0 bridgehead atoms. The molecule has 1 aromatic heterocycles. The van der Waals surface area contributed by atoms with Gasteiger partial charge in [-0.25, -0.2) is 9.18 Å². The van der Waals surface area contributed by atoms with Gasteiger partial charge in [-0.2, -0.15) is 0 Å². The Hall–Kier alpha value is -3.16. The van der Waals surface area contributed by atoms with E-state index in [2.05, 4.69) is 11.9 Å². The van der Waals surface area contributed by atoms with E-state index in [0.717, 1.165) is 17.4 Å². The van der Waals surface area contributed by atoms with Crippen LogP contribution in [0.5, 0.6) is 5.75 Å². The summed E-state index contributed by atoms with van der Waals surface area (Å²) in [5, 5.41) is 14.4. The van der Waals surface area contributed by atoms with Gasteiger partial charge in [0, 0.05) is 22.0 Å². The van der Waals surface area contributed by atoms with Gasteiger partial charge in [-0.15, -0.1) is 11.3 Å². The fraction of sp³-hybridized carbons (Fsp3) is 0.0476. The fourth-order valence-electron chi connectivity index (χ4n) is 2.54. The van der Waals surface area contributed by atoms with Crippen LogP contribution in [-0.2, 0) is 4.79 Å². The van der Waals surface area contributed by atoms with E-state index in [1.165, 1.54) is 12.1 Å². The number of carbonyl (C=O) groups is 2. The van der Waals surface area contributed by atoms with Crippen molar-refractivity contribution in [3.05, 3.63) is 82.1 Å².